The van der Waals surface area contributed by atoms with Crippen molar-refractivity contribution in [2.75, 3.05) is 18.2 Å². The van der Waals surface area contributed by atoms with Gasteiger partial charge in [0.15, 0.2) is 0 Å². The van der Waals surface area contributed by atoms with E-state index in [4.69, 9.17) is 34.0 Å². The number of nitrogen functional groups attached to an aromatic ring is 1. The Balaban J connectivity index is 2.35. The van der Waals surface area contributed by atoms with E-state index in [1.165, 1.54) is 18.2 Å². The number of aliphatic carboxylic acids is 1. The highest BCUT2D eigenvalue weighted by Gasteiger charge is 2.36. The fourth-order valence-electron chi connectivity index (χ4n) is 3.32. The maximum atomic E-state index is 13.5. The van der Waals surface area contributed by atoms with Gasteiger partial charge in [0.2, 0.25) is 5.91 Å². The van der Waals surface area contributed by atoms with E-state index in [1.54, 1.807) is 51.1 Å². The molecule has 0 radical (unpaired) electrons. The molecule has 0 saturated carbocycles. The number of nitrogens with zero attached hydrogens (tertiary/aromatic N) is 1. The molecule has 38 heavy (non-hydrogen) atoms. The number of hydrogen-bond acceptors (Lipinski definition) is 6. The number of nitrogens with two attached hydrogens (primary N) is 1. The molecular weight excluding hydrogens is 537 g/mol. The van der Waals surface area contributed by atoms with Crippen LogP contribution < -0.4 is 21.8 Å². The van der Waals surface area contributed by atoms with Crippen molar-refractivity contribution in [3.63, 3.8) is 0 Å². The zero-order chi connectivity index (χ0) is 28.6. The summed E-state index contributed by atoms with van der Waals surface area (Å²) < 4.78 is 0. The molecule has 0 aliphatic carbocycles. The highest BCUT2D eigenvalue weighted by Crippen LogP contribution is 2.24. The number of anilines is 1. The van der Waals surface area contributed by atoms with Gasteiger partial charge >= 0.3 is 5.97 Å². The van der Waals surface area contributed by atoms with Crippen LogP contribution in [0.2, 0.25) is 5.02 Å². The first-order chi connectivity index (χ1) is 17.7. The van der Waals surface area contributed by atoms with Crippen LogP contribution in [0.25, 0.3) is 0 Å². The van der Waals surface area contributed by atoms with Gasteiger partial charge in [0, 0.05) is 5.56 Å². The predicted octanol–water partition coefficient (Wildman–Crippen LogP) is 2.11. The van der Waals surface area contributed by atoms with Gasteiger partial charge in [-0.2, -0.15) is 0 Å². The van der Waals surface area contributed by atoms with Crippen molar-refractivity contribution in [2.24, 2.45) is 5.41 Å². The lowest BCUT2D eigenvalue weighted by atomic mass is 9.85. The number of halogens is 2. The molecule has 2 aromatic rings. The van der Waals surface area contributed by atoms with Crippen LogP contribution >= 0.6 is 23.2 Å². The zero-order valence-electron chi connectivity index (χ0n) is 21.0. The van der Waals surface area contributed by atoms with Crippen molar-refractivity contribution in [3.05, 3.63) is 64.7 Å². The number of carbonyl (C=O) groups is 5. The van der Waals surface area contributed by atoms with E-state index < -0.39 is 59.5 Å². The normalized spacial score (nSPS) is 12.6. The minimum atomic E-state index is -1.39. The molecule has 6 N–H and O–H groups in total. The molecule has 0 bridgehead atoms. The third kappa shape index (κ3) is 8.35. The first-order valence-electron chi connectivity index (χ1n) is 11.3. The van der Waals surface area contributed by atoms with Gasteiger partial charge < -0.3 is 21.5 Å². The van der Waals surface area contributed by atoms with Crippen molar-refractivity contribution in [3.8, 4) is 0 Å². The van der Waals surface area contributed by atoms with Crippen molar-refractivity contribution >= 4 is 58.5 Å². The molecule has 0 aromatic heterocycles. The van der Waals surface area contributed by atoms with Crippen molar-refractivity contribution in [1.29, 1.82) is 0 Å². The van der Waals surface area contributed by atoms with Crippen LogP contribution in [0.3, 0.4) is 0 Å². The molecule has 11 nitrogen and oxygen atoms in total. The summed E-state index contributed by atoms with van der Waals surface area (Å²) in [4.78, 5) is 62.9. The van der Waals surface area contributed by atoms with E-state index in [9.17, 15) is 24.0 Å². The summed E-state index contributed by atoms with van der Waals surface area (Å²) in [6.07, 6.45) is 0. The monoisotopic (exact) mass is 565 g/mol. The molecule has 0 heterocycles. The van der Waals surface area contributed by atoms with E-state index in [2.05, 4.69) is 16.1 Å². The molecule has 0 fully saturated rings. The number of amides is 4. The first kappa shape index (κ1) is 30.4. The Hall–Kier alpha value is -3.83. The van der Waals surface area contributed by atoms with Crippen LogP contribution in [0, 0.1) is 5.41 Å². The van der Waals surface area contributed by atoms with Crippen molar-refractivity contribution in [2.45, 2.75) is 32.9 Å². The van der Waals surface area contributed by atoms with Crippen LogP contribution in [0.5, 0.6) is 0 Å². The number of hydrazine groups is 1. The standard InChI is InChI=1S/C25H29Cl2N5O6/c1-25(2,3)21(30-22(36)15-9-10-17(28)16(27)11-15)24(38)29-20(14-7-5-4-6-8-14)23(37)31-32(13-19(34)35)18(33)12-26/h4-11,20-21H,12-13,28H2,1-3H3,(H,29,38)(H,30,36)(H,31,37)(H,34,35)/t20-,21+/m0/s1. The van der Waals surface area contributed by atoms with Gasteiger partial charge in [-0.1, -0.05) is 62.7 Å². The largest absolute Gasteiger partial charge is 0.480 e. The van der Waals surface area contributed by atoms with E-state index >= 15 is 0 Å². The Kier molecular flexibility index (Phi) is 10.5. The second-order valence-electron chi connectivity index (χ2n) is 9.34. The highest BCUT2D eigenvalue weighted by atomic mass is 35.5. The molecule has 0 aliphatic rings. The van der Waals surface area contributed by atoms with E-state index in [0.717, 1.165) is 0 Å². The van der Waals surface area contributed by atoms with E-state index in [1.807, 2.05) is 0 Å². The van der Waals surface area contributed by atoms with Crippen LogP contribution in [-0.4, -0.2) is 58.2 Å². The second kappa shape index (κ2) is 13.1. The Labute approximate surface area is 229 Å². The summed E-state index contributed by atoms with van der Waals surface area (Å²) in [5.74, 6) is -5.02. The Morgan fingerprint density at radius 2 is 1.63 bits per heavy atom. The molecule has 2 rings (SSSR count). The highest BCUT2D eigenvalue weighted by molar-refractivity contribution is 6.33. The molecule has 13 heteroatoms. The van der Waals surface area contributed by atoms with E-state index in [-0.39, 0.29) is 16.3 Å². The number of carboxylic acid groups (broad SMARTS) is 1. The summed E-state index contributed by atoms with van der Waals surface area (Å²) in [7, 11) is 0. The Morgan fingerprint density at radius 3 is 2.16 bits per heavy atom. The van der Waals surface area contributed by atoms with Gasteiger partial charge in [0.1, 0.15) is 24.5 Å². The maximum Gasteiger partial charge on any atom is 0.325 e. The first-order valence-corrected chi connectivity index (χ1v) is 12.3. The third-order valence-electron chi connectivity index (χ3n) is 5.30. The Morgan fingerprint density at radius 1 is 1.00 bits per heavy atom. The van der Waals surface area contributed by atoms with Crippen LogP contribution in [-0.2, 0) is 19.2 Å². The minimum absolute atomic E-state index is 0.174. The summed E-state index contributed by atoms with van der Waals surface area (Å²) in [5, 5.41) is 15.1. The second-order valence-corrected chi connectivity index (χ2v) is 10.0. The molecule has 4 amide bonds. The quantitative estimate of drug-likeness (QED) is 0.176. The smallest absolute Gasteiger partial charge is 0.325 e. The molecule has 204 valence electrons. The average molecular weight is 566 g/mol. The number of benzene rings is 2. The van der Waals surface area contributed by atoms with Gasteiger partial charge in [0.05, 0.1) is 10.7 Å². The number of hydrogen-bond donors (Lipinski definition) is 5. The SMILES string of the molecule is CC(C)(C)[C@H](NC(=O)c1ccc(N)c(Cl)c1)C(=O)N[C@H](C(=O)NN(CC(=O)O)C(=O)CCl)c1ccccc1. The molecule has 0 unspecified atom stereocenters. The van der Waals surface area contributed by atoms with Gasteiger partial charge in [-0.15, -0.1) is 11.6 Å². The number of alkyl halides is 1. The molecule has 0 spiro atoms. The summed E-state index contributed by atoms with van der Waals surface area (Å²) in [5.41, 5.74) is 7.91. The number of carbonyl (C=O) groups excluding carboxylic acids is 4. The van der Waals surface area contributed by atoms with E-state index in [0.29, 0.717) is 10.6 Å². The maximum absolute atomic E-state index is 13.5. The number of nitrogens with one attached hydrogen (secondary N) is 3. The zero-order valence-corrected chi connectivity index (χ0v) is 22.5. The van der Waals surface area contributed by atoms with Crippen molar-refractivity contribution in [1.82, 2.24) is 21.1 Å². The topological polar surface area (TPSA) is 171 Å². The van der Waals surface area contributed by atoms with Crippen LogP contribution in [0.15, 0.2) is 48.5 Å². The minimum Gasteiger partial charge on any atom is -0.480 e. The summed E-state index contributed by atoms with van der Waals surface area (Å²) in [6.45, 7) is 4.31. The summed E-state index contributed by atoms with van der Waals surface area (Å²) >= 11 is 11.6. The van der Waals surface area contributed by atoms with Crippen molar-refractivity contribution < 1.29 is 29.1 Å². The van der Waals surface area contributed by atoms with Crippen LogP contribution in [0.4, 0.5) is 5.69 Å². The third-order valence-corrected chi connectivity index (χ3v) is 5.86. The average Bonchev–Trinajstić information content (AvgIpc) is 2.85. The molecule has 2 atom stereocenters. The number of carboxylic acids is 1. The van der Waals surface area contributed by atoms with Gasteiger partial charge in [-0.05, 0) is 29.2 Å². The molecular formula is C25H29Cl2N5O6. The summed E-state index contributed by atoms with van der Waals surface area (Å²) in [6, 6.07) is 9.92. The lowest BCUT2D eigenvalue weighted by Crippen LogP contribution is -2.57. The van der Waals surface area contributed by atoms with Gasteiger partial charge in [0.25, 0.3) is 17.7 Å². The van der Waals surface area contributed by atoms with Crippen LogP contribution in [0.1, 0.15) is 42.7 Å². The van der Waals surface area contributed by atoms with Gasteiger partial charge in [-0.25, -0.2) is 5.01 Å². The molecule has 0 aliphatic heterocycles. The fraction of sp³-hybridized carbons (Fsp3) is 0.320. The molecule has 2 aromatic carbocycles. The number of rotatable bonds is 9. The van der Waals surface area contributed by atoms with Gasteiger partial charge in [-0.3, -0.25) is 29.4 Å². The lowest BCUT2D eigenvalue weighted by molar-refractivity contribution is -0.149. The lowest BCUT2D eigenvalue weighted by Gasteiger charge is -2.32. The predicted molar refractivity (Wildman–Crippen MR) is 142 cm³/mol. The Bertz CT molecular complexity index is 1200. The fourth-order valence-corrected chi connectivity index (χ4v) is 3.65. The molecule has 0 saturated heterocycles.